The van der Waals surface area contributed by atoms with Crippen LogP contribution in [0.5, 0.6) is 0 Å². The van der Waals surface area contributed by atoms with E-state index in [1.807, 2.05) is 0 Å². The number of likely N-dealkylation sites (tertiary alicyclic amines) is 1. The summed E-state index contributed by atoms with van der Waals surface area (Å²) in [5.74, 6) is 0.901. The molecule has 0 amide bonds. The van der Waals surface area contributed by atoms with Gasteiger partial charge in [0.05, 0.1) is 0 Å². The van der Waals surface area contributed by atoms with Crippen LogP contribution in [0.1, 0.15) is 33.1 Å². The number of hydrogen-bond donors (Lipinski definition) is 1. The second kappa shape index (κ2) is 4.19. The predicted molar refractivity (Wildman–Crippen MR) is 60.4 cm³/mol. The fourth-order valence-corrected chi connectivity index (χ4v) is 3.25. The molecule has 82 valence electrons. The lowest BCUT2D eigenvalue weighted by molar-refractivity contribution is 0.0193. The first-order valence-corrected chi connectivity index (χ1v) is 6.20. The summed E-state index contributed by atoms with van der Waals surface area (Å²) >= 11 is 0. The summed E-state index contributed by atoms with van der Waals surface area (Å²) < 4.78 is 0. The maximum Gasteiger partial charge on any atom is 0.00122 e. The van der Waals surface area contributed by atoms with E-state index in [2.05, 4.69) is 24.1 Å². The Morgan fingerprint density at radius 1 is 1.29 bits per heavy atom. The van der Waals surface area contributed by atoms with E-state index < -0.39 is 0 Å². The third-order valence-electron chi connectivity index (χ3n) is 4.55. The first-order valence-electron chi connectivity index (χ1n) is 6.20. The van der Waals surface area contributed by atoms with Crippen LogP contribution >= 0.6 is 0 Å². The average Bonchev–Trinajstić information content (AvgIpc) is 2.24. The summed E-state index contributed by atoms with van der Waals surface area (Å²) in [5.41, 5.74) is 0.691. The van der Waals surface area contributed by atoms with Gasteiger partial charge < -0.3 is 10.2 Å². The maximum absolute atomic E-state index is 3.49. The minimum Gasteiger partial charge on any atom is -0.317 e. The second-order valence-electron chi connectivity index (χ2n) is 5.16. The molecule has 2 aliphatic heterocycles. The fraction of sp³-hybridized carbons (Fsp3) is 1.00. The minimum atomic E-state index is 0.691. The van der Waals surface area contributed by atoms with Crippen LogP contribution in [-0.4, -0.2) is 37.6 Å². The van der Waals surface area contributed by atoms with Gasteiger partial charge in [-0.05, 0) is 56.8 Å². The molecular formula is C12H24N2. The molecule has 0 bridgehead atoms. The van der Waals surface area contributed by atoms with Gasteiger partial charge in [-0.15, -0.1) is 0 Å². The normalized spacial score (nSPS) is 33.4. The van der Waals surface area contributed by atoms with Crippen LogP contribution in [0.2, 0.25) is 0 Å². The molecule has 2 rings (SSSR count). The van der Waals surface area contributed by atoms with E-state index in [0.29, 0.717) is 5.41 Å². The van der Waals surface area contributed by atoms with Crippen LogP contribution in [0.25, 0.3) is 0 Å². The highest BCUT2D eigenvalue weighted by Gasteiger charge is 2.40. The molecule has 2 heteroatoms. The lowest BCUT2D eigenvalue weighted by Crippen LogP contribution is -2.50. The Morgan fingerprint density at radius 2 is 2.00 bits per heavy atom. The smallest absolute Gasteiger partial charge is 0.00122 e. The van der Waals surface area contributed by atoms with Crippen LogP contribution in [0.15, 0.2) is 0 Å². The molecule has 2 aliphatic rings. The molecule has 0 aromatic heterocycles. The first kappa shape index (κ1) is 10.4. The van der Waals surface area contributed by atoms with Crippen molar-refractivity contribution in [3.8, 4) is 0 Å². The first-order chi connectivity index (χ1) is 6.77. The molecule has 0 aliphatic carbocycles. The van der Waals surface area contributed by atoms with Gasteiger partial charge in [0, 0.05) is 6.54 Å². The molecular weight excluding hydrogens is 172 g/mol. The highest BCUT2D eigenvalue weighted by Crippen LogP contribution is 2.43. The van der Waals surface area contributed by atoms with E-state index in [-0.39, 0.29) is 0 Å². The lowest BCUT2D eigenvalue weighted by atomic mass is 9.65. The molecule has 0 saturated carbocycles. The van der Waals surface area contributed by atoms with Crippen LogP contribution in [-0.2, 0) is 0 Å². The van der Waals surface area contributed by atoms with Crippen molar-refractivity contribution in [2.24, 2.45) is 11.3 Å². The quantitative estimate of drug-likeness (QED) is 0.687. The molecule has 0 aromatic carbocycles. The molecule has 14 heavy (non-hydrogen) atoms. The van der Waals surface area contributed by atoms with Crippen molar-refractivity contribution in [3.63, 3.8) is 0 Å². The number of nitrogens with zero attached hydrogens (tertiary/aromatic N) is 1. The van der Waals surface area contributed by atoms with Gasteiger partial charge in [0.25, 0.3) is 0 Å². The van der Waals surface area contributed by atoms with E-state index in [1.165, 1.54) is 52.0 Å². The van der Waals surface area contributed by atoms with E-state index in [4.69, 9.17) is 0 Å². The van der Waals surface area contributed by atoms with E-state index in [1.54, 1.807) is 0 Å². The average molecular weight is 196 g/mol. The van der Waals surface area contributed by atoms with Crippen LogP contribution in [0, 0.1) is 11.3 Å². The molecule has 0 radical (unpaired) electrons. The Morgan fingerprint density at radius 3 is 2.57 bits per heavy atom. The highest BCUT2D eigenvalue weighted by atomic mass is 15.1. The monoisotopic (exact) mass is 196 g/mol. The molecule has 2 nitrogen and oxygen atoms in total. The van der Waals surface area contributed by atoms with Gasteiger partial charge in [-0.2, -0.15) is 0 Å². The summed E-state index contributed by atoms with van der Waals surface area (Å²) in [6.45, 7) is 11.1. The van der Waals surface area contributed by atoms with Crippen molar-refractivity contribution in [3.05, 3.63) is 0 Å². The van der Waals surface area contributed by atoms with E-state index in [9.17, 15) is 0 Å². The fourth-order valence-electron chi connectivity index (χ4n) is 3.25. The summed E-state index contributed by atoms with van der Waals surface area (Å²) in [4.78, 5) is 2.61. The molecule has 1 atom stereocenters. The largest absolute Gasteiger partial charge is 0.317 e. The van der Waals surface area contributed by atoms with Gasteiger partial charge in [-0.3, -0.25) is 0 Å². The number of nitrogens with one attached hydrogen (secondary N) is 1. The van der Waals surface area contributed by atoms with E-state index in [0.717, 1.165) is 5.92 Å². The van der Waals surface area contributed by atoms with Crippen LogP contribution < -0.4 is 5.32 Å². The van der Waals surface area contributed by atoms with Crippen molar-refractivity contribution in [1.82, 2.24) is 10.2 Å². The van der Waals surface area contributed by atoms with Gasteiger partial charge in [-0.1, -0.05) is 13.8 Å². The Balaban J connectivity index is 1.99. The van der Waals surface area contributed by atoms with Gasteiger partial charge in [-0.25, -0.2) is 0 Å². The summed E-state index contributed by atoms with van der Waals surface area (Å²) in [6, 6.07) is 0. The van der Waals surface area contributed by atoms with Crippen LogP contribution in [0.4, 0.5) is 0 Å². The zero-order valence-corrected chi connectivity index (χ0v) is 9.68. The topological polar surface area (TPSA) is 15.3 Å². The zero-order valence-electron chi connectivity index (χ0n) is 9.68. The third kappa shape index (κ3) is 1.82. The molecule has 2 heterocycles. The number of piperidine rings is 2. The van der Waals surface area contributed by atoms with Crippen LogP contribution in [0.3, 0.4) is 0 Å². The number of rotatable bonds is 1. The molecule has 2 fully saturated rings. The second-order valence-corrected chi connectivity index (χ2v) is 5.16. The SMILES string of the molecule is CCN1CCC2(CCNCC2)C(C)C1. The van der Waals surface area contributed by atoms with E-state index >= 15 is 0 Å². The summed E-state index contributed by atoms with van der Waals surface area (Å²) in [6.07, 6.45) is 4.25. The summed E-state index contributed by atoms with van der Waals surface area (Å²) in [5, 5.41) is 3.49. The van der Waals surface area contributed by atoms with Gasteiger partial charge >= 0.3 is 0 Å². The Hall–Kier alpha value is -0.0800. The van der Waals surface area contributed by atoms with Crippen molar-refractivity contribution in [2.45, 2.75) is 33.1 Å². The van der Waals surface area contributed by atoms with Crippen molar-refractivity contribution >= 4 is 0 Å². The number of hydrogen-bond acceptors (Lipinski definition) is 2. The van der Waals surface area contributed by atoms with Gasteiger partial charge in [0.2, 0.25) is 0 Å². The Labute approximate surface area is 88.1 Å². The Kier molecular flexibility index (Phi) is 3.13. The third-order valence-corrected chi connectivity index (χ3v) is 4.55. The molecule has 1 N–H and O–H groups in total. The Bertz CT molecular complexity index is 185. The van der Waals surface area contributed by atoms with Crippen molar-refractivity contribution in [2.75, 3.05) is 32.7 Å². The molecule has 0 aromatic rings. The molecule has 2 saturated heterocycles. The molecule has 1 unspecified atom stereocenters. The van der Waals surface area contributed by atoms with Gasteiger partial charge in [0.15, 0.2) is 0 Å². The minimum absolute atomic E-state index is 0.691. The van der Waals surface area contributed by atoms with Crippen molar-refractivity contribution in [1.29, 1.82) is 0 Å². The lowest BCUT2D eigenvalue weighted by Gasteiger charge is -2.49. The standard InChI is InChI=1S/C12H24N2/c1-3-14-9-6-12(11(2)10-14)4-7-13-8-5-12/h11,13H,3-10H2,1-2H3. The predicted octanol–water partition coefficient (Wildman–Crippen LogP) is 1.72. The van der Waals surface area contributed by atoms with Gasteiger partial charge in [0.1, 0.15) is 0 Å². The maximum atomic E-state index is 3.49. The highest BCUT2D eigenvalue weighted by molar-refractivity contribution is 4.93. The molecule has 1 spiro atoms. The summed E-state index contributed by atoms with van der Waals surface area (Å²) in [7, 11) is 0. The van der Waals surface area contributed by atoms with Crippen molar-refractivity contribution < 1.29 is 0 Å². The zero-order chi connectivity index (χ0) is 10.0.